The van der Waals surface area contributed by atoms with Crippen LogP contribution in [0.1, 0.15) is 110 Å². The zero-order valence-corrected chi connectivity index (χ0v) is 24.0. The molecule has 8 nitrogen and oxygen atoms in total. The van der Waals surface area contributed by atoms with E-state index in [4.69, 9.17) is 5.73 Å². The number of nitrogens with one attached hydrogen (secondary N) is 3. The number of rotatable bonds is 24. The molecular formula is C26H50N4O4S2. The summed E-state index contributed by atoms with van der Waals surface area (Å²) in [6.07, 6.45) is 19.3. The minimum Gasteiger partial charge on any atom is -0.368 e. The lowest BCUT2D eigenvalue weighted by Gasteiger charge is -2.17. The topological polar surface area (TPSA) is 130 Å². The Bertz CT molecular complexity index is 623. The Morgan fingerprint density at radius 1 is 0.639 bits per heavy atom. The molecule has 10 heteroatoms. The van der Waals surface area contributed by atoms with E-state index in [0.717, 1.165) is 19.3 Å². The molecule has 0 aromatic rings. The molecule has 36 heavy (non-hydrogen) atoms. The molecule has 0 saturated heterocycles. The Morgan fingerprint density at radius 3 is 1.47 bits per heavy atom. The van der Waals surface area contributed by atoms with Gasteiger partial charge in [-0.2, -0.15) is 25.3 Å². The number of carbonyl (C=O) groups is 4. The summed E-state index contributed by atoms with van der Waals surface area (Å²) in [5.41, 5.74) is 5.14. The molecule has 0 aromatic carbocycles. The van der Waals surface area contributed by atoms with Crippen molar-refractivity contribution in [3.8, 4) is 0 Å². The van der Waals surface area contributed by atoms with Gasteiger partial charge in [0.15, 0.2) is 0 Å². The third-order valence-corrected chi connectivity index (χ3v) is 6.86. The molecule has 0 heterocycles. The predicted molar refractivity (Wildman–Crippen MR) is 153 cm³/mol. The van der Waals surface area contributed by atoms with Crippen molar-refractivity contribution < 1.29 is 19.2 Å². The van der Waals surface area contributed by atoms with Crippen molar-refractivity contribution in [2.24, 2.45) is 5.73 Å². The summed E-state index contributed by atoms with van der Waals surface area (Å²) in [5.74, 6) is -1.81. The van der Waals surface area contributed by atoms with Gasteiger partial charge in [0.2, 0.25) is 23.6 Å². The normalized spacial score (nSPS) is 12.5. The number of nitrogens with two attached hydrogens (primary N) is 1. The summed E-state index contributed by atoms with van der Waals surface area (Å²) >= 11 is 8.07. The van der Waals surface area contributed by atoms with Gasteiger partial charge in [-0.25, -0.2) is 0 Å². The summed E-state index contributed by atoms with van der Waals surface area (Å²) < 4.78 is 0. The Morgan fingerprint density at radius 2 is 1.06 bits per heavy atom. The summed E-state index contributed by atoms with van der Waals surface area (Å²) in [6.45, 7) is 1.92. The maximum Gasteiger partial charge on any atom is 0.243 e. The van der Waals surface area contributed by atoms with Crippen LogP contribution < -0.4 is 21.7 Å². The van der Waals surface area contributed by atoms with Gasteiger partial charge in [-0.1, -0.05) is 96.8 Å². The molecule has 0 unspecified atom stereocenters. The Hall–Kier alpha value is -1.42. The highest BCUT2D eigenvalue weighted by Gasteiger charge is 2.21. The largest absolute Gasteiger partial charge is 0.368 e. The fourth-order valence-corrected chi connectivity index (χ4v) is 4.39. The molecule has 0 saturated carbocycles. The fraction of sp³-hybridized carbons (Fsp3) is 0.846. The quantitative estimate of drug-likeness (QED) is 0.0814. The van der Waals surface area contributed by atoms with Crippen molar-refractivity contribution in [2.45, 2.75) is 122 Å². The first kappa shape index (κ1) is 34.6. The maximum atomic E-state index is 12.3. The maximum absolute atomic E-state index is 12.3. The number of hydrogen-bond acceptors (Lipinski definition) is 6. The number of primary amides is 1. The highest BCUT2D eigenvalue weighted by molar-refractivity contribution is 7.80. The van der Waals surface area contributed by atoms with Crippen LogP contribution in [0, 0.1) is 0 Å². The van der Waals surface area contributed by atoms with Gasteiger partial charge in [0.1, 0.15) is 12.1 Å². The van der Waals surface area contributed by atoms with Crippen LogP contribution in [0.3, 0.4) is 0 Å². The molecule has 0 aliphatic carbocycles. The Labute approximate surface area is 229 Å². The second-order valence-corrected chi connectivity index (χ2v) is 10.2. The molecule has 0 bridgehead atoms. The molecule has 0 rings (SSSR count). The number of carbonyl (C=O) groups excluding carboxylic acids is 4. The standard InChI is InChI=1S/C26H50N4O4S2/c1-2-3-4-5-6-7-8-9-10-11-12-13-14-15-16-17-23(31)30-22(20-36)26(34)28-18-24(32)29-21(19-35)25(27)33/h21-22,35-36H,2-20H2,1H3,(H2,27,33)(H,28,34)(H,29,32)(H,30,31)/t21-,22-/m0/s1. The van der Waals surface area contributed by atoms with E-state index in [1.807, 2.05) is 0 Å². The van der Waals surface area contributed by atoms with Gasteiger partial charge in [-0.05, 0) is 6.42 Å². The van der Waals surface area contributed by atoms with E-state index < -0.39 is 29.8 Å². The molecule has 210 valence electrons. The second kappa shape index (κ2) is 23.9. The molecule has 4 amide bonds. The second-order valence-electron chi connectivity index (χ2n) is 9.43. The van der Waals surface area contributed by atoms with Crippen molar-refractivity contribution in [2.75, 3.05) is 18.1 Å². The predicted octanol–water partition coefficient (Wildman–Crippen LogP) is 3.68. The van der Waals surface area contributed by atoms with Gasteiger partial charge < -0.3 is 21.7 Å². The fourth-order valence-electron chi connectivity index (χ4n) is 3.86. The van der Waals surface area contributed by atoms with Crippen LogP contribution in [0.5, 0.6) is 0 Å². The first-order valence-electron chi connectivity index (χ1n) is 13.7. The van der Waals surface area contributed by atoms with Crippen molar-refractivity contribution in [1.82, 2.24) is 16.0 Å². The van der Waals surface area contributed by atoms with E-state index >= 15 is 0 Å². The van der Waals surface area contributed by atoms with E-state index in [1.165, 1.54) is 77.0 Å². The SMILES string of the molecule is CCCCCCCCCCCCCCCCCC(=O)N[C@@H](CS)C(=O)NCC(=O)N[C@@H](CS)C(N)=O. The Balaban J connectivity index is 3.78. The Kier molecular flexibility index (Phi) is 23.0. The van der Waals surface area contributed by atoms with Gasteiger partial charge in [0, 0.05) is 17.9 Å². The average Bonchev–Trinajstić information content (AvgIpc) is 2.86. The molecule has 0 radical (unpaired) electrons. The molecule has 0 fully saturated rings. The highest BCUT2D eigenvalue weighted by atomic mass is 32.1. The van der Waals surface area contributed by atoms with Crippen LogP contribution in [0.2, 0.25) is 0 Å². The minimum absolute atomic E-state index is 0.0592. The van der Waals surface area contributed by atoms with Crippen molar-refractivity contribution in [3.63, 3.8) is 0 Å². The summed E-state index contributed by atoms with van der Waals surface area (Å²) in [4.78, 5) is 47.4. The van der Waals surface area contributed by atoms with E-state index in [-0.39, 0.29) is 24.0 Å². The van der Waals surface area contributed by atoms with Crippen molar-refractivity contribution in [3.05, 3.63) is 0 Å². The molecule has 5 N–H and O–H groups in total. The zero-order valence-electron chi connectivity index (χ0n) is 22.2. The first-order chi connectivity index (χ1) is 17.3. The third kappa shape index (κ3) is 19.7. The smallest absolute Gasteiger partial charge is 0.243 e. The van der Waals surface area contributed by atoms with Gasteiger partial charge in [-0.3, -0.25) is 19.2 Å². The summed E-state index contributed by atoms with van der Waals surface area (Å²) in [5, 5.41) is 7.48. The summed E-state index contributed by atoms with van der Waals surface area (Å²) in [6, 6.07) is -1.74. The van der Waals surface area contributed by atoms with Gasteiger partial charge in [0.05, 0.1) is 6.54 Å². The number of thiol groups is 2. The monoisotopic (exact) mass is 546 g/mol. The zero-order chi connectivity index (χ0) is 27.0. The molecule has 0 aliphatic heterocycles. The highest BCUT2D eigenvalue weighted by Crippen LogP contribution is 2.13. The average molecular weight is 547 g/mol. The van der Waals surface area contributed by atoms with E-state index in [9.17, 15) is 19.2 Å². The van der Waals surface area contributed by atoms with Gasteiger partial charge >= 0.3 is 0 Å². The first-order valence-corrected chi connectivity index (χ1v) is 15.0. The van der Waals surface area contributed by atoms with Crippen LogP contribution in [0.25, 0.3) is 0 Å². The van der Waals surface area contributed by atoms with E-state index in [1.54, 1.807) is 0 Å². The lowest BCUT2D eigenvalue weighted by molar-refractivity contribution is -0.130. The number of amides is 4. The van der Waals surface area contributed by atoms with Gasteiger partial charge in [-0.15, -0.1) is 0 Å². The van der Waals surface area contributed by atoms with Crippen molar-refractivity contribution >= 4 is 48.9 Å². The molecular weight excluding hydrogens is 496 g/mol. The third-order valence-electron chi connectivity index (χ3n) is 6.13. The summed E-state index contributed by atoms with van der Waals surface area (Å²) in [7, 11) is 0. The van der Waals surface area contributed by atoms with E-state index in [0.29, 0.717) is 6.42 Å². The molecule has 0 spiro atoms. The van der Waals surface area contributed by atoms with Crippen LogP contribution in [-0.2, 0) is 19.2 Å². The molecule has 2 atom stereocenters. The van der Waals surface area contributed by atoms with Crippen molar-refractivity contribution in [1.29, 1.82) is 0 Å². The van der Waals surface area contributed by atoms with Crippen LogP contribution >= 0.6 is 25.3 Å². The van der Waals surface area contributed by atoms with E-state index in [2.05, 4.69) is 48.1 Å². The minimum atomic E-state index is -0.909. The number of hydrogen-bond donors (Lipinski definition) is 6. The van der Waals surface area contributed by atoms with Gasteiger partial charge in [0.25, 0.3) is 0 Å². The lowest BCUT2D eigenvalue weighted by atomic mass is 10.0. The van der Waals surface area contributed by atoms with Crippen LogP contribution in [0.15, 0.2) is 0 Å². The number of unbranched alkanes of at least 4 members (excludes halogenated alkanes) is 14. The van der Waals surface area contributed by atoms with Crippen LogP contribution in [0.4, 0.5) is 0 Å². The molecule has 0 aliphatic rings. The van der Waals surface area contributed by atoms with Crippen LogP contribution in [-0.4, -0.2) is 53.8 Å². The lowest BCUT2D eigenvalue weighted by Crippen LogP contribution is -2.52. The molecule has 0 aromatic heterocycles.